The number of nitrogens with one attached hydrogen (secondary N) is 2. The van der Waals surface area contributed by atoms with Gasteiger partial charge in [-0.15, -0.1) is 0 Å². The van der Waals surface area contributed by atoms with Crippen molar-refractivity contribution in [2.24, 2.45) is 5.92 Å². The highest BCUT2D eigenvalue weighted by molar-refractivity contribution is 7.07. The lowest BCUT2D eigenvalue weighted by Gasteiger charge is -2.34. The third kappa shape index (κ3) is 4.46. The lowest BCUT2D eigenvalue weighted by Crippen LogP contribution is -2.54. The molecule has 1 aliphatic carbocycles. The Morgan fingerprint density at radius 1 is 1.21 bits per heavy atom. The van der Waals surface area contributed by atoms with Gasteiger partial charge in [0.2, 0.25) is 0 Å². The van der Waals surface area contributed by atoms with Crippen molar-refractivity contribution in [2.75, 3.05) is 32.7 Å². The van der Waals surface area contributed by atoms with Gasteiger partial charge >= 0.3 is 6.03 Å². The molecule has 3 aliphatic rings. The Morgan fingerprint density at radius 3 is 2.55 bits per heavy atom. The van der Waals surface area contributed by atoms with Gasteiger partial charge < -0.3 is 5.32 Å². The van der Waals surface area contributed by atoms with Crippen LogP contribution in [0.5, 0.6) is 0 Å². The Labute approximate surface area is 175 Å². The molecule has 1 spiro atoms. The van der Waals surface area contributed by atoms with Crippen LogP contribution in [0.1, 0.15) is 38.2 Å². The number of rotatable bonds is 5. The molecule has 0 atom stereocenters. The van der Waals surface area contributed by atoms with Crippen molar-refractivity contribution in [3.05, 3.63) is 22.4 Å². The maximum atomic E-state index is 12.8. The Kier molecular flexibility index (Phi) is 5.89. The molecule has 8 nitrogen and oxygen atoms in total. The topological polar surface area (TPSA) is 85.0 Å². The van der Waals surface area contributed by atoms with E-state index in [0.29, 0.717) is 18.8 Å². The van der Waals surface area contributed by atoms with Crippen LogP contribution in [0.25, 0.3) is 0 Å². The molecule has 1 saturated carbocycles. The normalized spacial score (nSPS) is 28.7. The van der Waals surface area contributed by atoms with E-state index in [2.05, 4.69) is 44.3 Å². The number of hydrogen-bond donors (Lipinski definition) is 2. The van der Waals surface area contributed by atoms with Crippen LogP contribution in [-0.2, 0) is 16.1 Å². The van der Waals surface area contributed by atoms with Crippen molar-refractivity contribution >= 4 is 29.2 Å². The summed E-state index contributed by atoms with van der Waals surface area (Å²) in [5, 5.41) is 7.97. The molecule has 158 valence electrons. The second-order valence-corrected chi connectivity index (χ2v) is 9.33. The summed E-state index contributed by atoms with van der Waals surface area (Å²) in [7, 11) is 0. The molecule has 3 fully saturated rings. The quantitative estimate of drug-likeness (QED) is 0.705. The molecule has 4 amide bonds. The molecule has 1 aromatic heterocycles. The molecule has 4 rings (SSSR count). The number of amides is 4. The summed E-state index contributed by atoms with van der Waals surface area (Å²) in [6.45, 7) is 6.66. The average molecular weight is 420 g/mol. The molecule has 2 N–H and O–H groups in total. The molecule has 0 unspecified atom stereocenters. The lowest BCUT2D eigenvalue weighted by molar-refractivity contribution is -0.140. The highest BCUT2D eigenvalue weighted by Gasteiger charge is 2.52. The first-order chi connectivity index (χ1) is 13.9. The van der Waals surface area contributed by atoms with Gasteiger partial charge in [0, 0.05) is 32.7 Å². The van der Waals surface area contributed by atoms with Crippen molar-refractivity contribution < 1.29 is 14.4 Å². The van der Waals surface area contributed by atoms with Crippen molar-refractivity contribution in [1.29, 1.82) is 0 Å². The molecule has 0 aromatic carbocycles. The van der Waals surface area contributed by atoms with Crippen molar-refractivity contribution in [2.45, 2.75) is 44.7 Å². The summed E-state index contributed by atoms with van der Waals surface area (Å²) >= 11 is 1.71. The number of carbonyl (C=O) groups excluding carboxylic acids is 3. The number of hydrazine groups is 1. The summed E-state index contributed by atoms with van der Waals surface area (Å²) in [5.41, 5.74) is 3.03. The van der Waals surface area contributed by atoms with Crippen LogP contribution < -0.4 is 10.7 Å². The SMILES string of the molecule is CC1CCC2(CC1)NC(=O)N(NC(=O)CN1CCN(Cc3ccsc3)CC1)C2=O. The maximum Gasteiger partial charge on any atom is 0.344 e. The summed E-state index contributed by atoms with van der Waals surface area (Å²) in [4.78, 5) is 42.1. The highest BCUT2D eigenvalue weighted by Crippen LogP contribution is 2.35. The van der Waals surface area contributed by atoms with Crippen LogP contribution in [0.3, 0.4) is 0 Å². The number of urea groups is 1. The second kappa shape index (κ2) is 8.41. The highest BCUT2D eigenvalue weighted by atomic mass is 32.1. The first-order valence-electron chi connectivity index (χ1n) is 10.4. The van der Waals surface area contributed by atoms with Crippen molar-refractivity contribution in [3.8, 4) is 0 Å². The van der Waals surface area contributed by atoms with Crippen LogP contribution >= 0.6 is 11.3 Å². The zero-order chi connectivity index (χ0) is 20.4. The first-order valence-corrected chi connectivity index (χ1v) is 11.3. The minimum absolute atomic E-state index is 0.188. The van der Waals surface area contributed by atoms with E-state index in [4.69, 9.17) is 0 Å². The zero-order valence-corrected chi connectivity index (χ0v) is 17.7. The van der Waals surface area contributed by atoms with Gasteiger partial charge in [0.05, 0.1) is 6.54 Å². The molecule has 0 bridgehead atoms. The third-order valence-electron chi connectivity index (χ3n) is 6.34. The molecule has 29 heavy (non-hydrogen) atoms. The number of piperazine rings is 1. The molecule has 3 heterocycles. The minimum Gasteiger partial charge on any atom is -0.322 e. The average Bonchev–Trinajstić information content (AvgIpc) is 3.29. The number of imide groups is 1. The van der Waals surface area contributed by atoms with E-state index >= 15 is 0 Å². The number of carbonyl (C=O) groups is 3. The Hall–Kier alpha value is -1.97. The van der Waals surface area contributed by atoms with E-state index in [0.717, 1.165) is 50.6 Å². The van der Waals surface area contributed by atoms with Crippen LogP contribution in [0.4, 0.5) is 4.79 Å². The van der Waals surface area contributed by atoms with Crippen LogP contribution in [-0.4, -0.2) is 70.9 Å². The van der Waals surface area contributed by atoms with Crippen LogP contribution in [0.15, 0.2) is 16.8 Å². The van der Waals surface area contributed by atoms with Crippen molar-refractivity contribution in [3.63, 3.8) is 0 Å². The predicted molar refractivity (Wildman–Crippen MR) is 110 cm³/mol. The number of nitrogens with zero attached hydrogens (tertiary/aromatic N) is 3. The van der Waals surface area contributed by atoms with Gasteiger partial charge in [-0.05, 0) is 54.0 Å². The van der Waals surface area contributed by atoms with Gasteiger partial charge in [-0.2, -0.15) is 16.3 Å². The minimum atomic E-state index is -0.829. The van der Waals surface area contributed by atoms with Gasteiger partial charge in [-0.1, -0.05) is 6.92 Å². The Morgan fingerprint density at radius 2 is 1.90 bits per heavy atom. The number of thiophene rings is 1. The van der Waals surface area contributed by atoms with Gasteiger partial charge in [0.25, 0.3) is 11.8 Å². The Bertz CT molecular complexity index is 752. The molecule has 2 aliphatic heterocycles. The standard InChI is InChI=1S/C20H29N5O3S/c1-15-2-5-20(6-3-15)18(27)25(19(28)21-20)22-17(26)13-24-9-7-23(8-10-24)12-16-4-11-29-14-16/h4,11,14-15H,2-3,5-10,12-13H2,1H3,(H,21,28)(H,22,26). The molecule has 1 aromatic rings. The summed E-state index contributed by atoms with van der Waals surface area (Å²) < 4.78 is 0. The molecular weight excluding hydrogens is 390 g/mol. The maximum absolute atomic E-state index is 12.8. The summed E-state index contributed by atoms with van der Waals surface area (Å²) in [5.74, 6) is -0.0725. The van der Waals surface area contributed by atoms with E-state index in [9.17, 15) is 14.4 Å². The fourth-order valence-electron chi connectivity index (χ4n) is 4.43. The smallest absolute Gasteiger partial charge is 0.322 e. The third-order valence-corrected chi connectivity index (χ3v) is 7.08. The summed E-state index contributed by atoms with van der Waals surface area (Å²) in [6.07, 6.45) is 3.08. The molecule has 9 heteroatoms. The largest absolute Gasteiger partial charge is 0.344 e. The van der Waals surface area contributed by atoms with Gasteiger partial charge in [0.15, 0.2) is 0 Å². The fraction of sp³-hybridized carbons (Fsp3) is 0.650. The molecule has 2 saturated heterocycles. The predicted octanol–water partition coefficient (Wildman–Crippen LogP) is 1.40. The van der Waals surface area contributed by atoms with E-state index in [1.54, 1.807) is 11.3 Å². The van der Waals surface area contributed by atoms with E-state index in [1.165, 1.54) is 5.56 Å². The van der Waals surface area contributed by atoms with E-state index in [-0.39, 0.29) is 18.4 Å². The fourth-order valence-corrected chi connectivity index (χ4v) is 5.08. The van der Waals surface area contributed by atoms with E-state index < -0.39 is 11.6 Å². The zero-order valence-electron chi connectivity index (χ0n) is 16.9. The van der Waals surface area contributed by atoms with Gasteiger partial charge in [0.1, 0.15) is 5.54 Å². The van der Waals surface area contributed by atoms with Crippen LogP contribution in [0, 0.1) is 5.92 Å². The first kappa shape index (κ1) is 20.3. The number of hydrogen-bond acceptors (Lipinski definition) is 6. The molecule has 0 radical (unpaired) electrons. The van der Waals surface area contributed by atoms with Gasteiger partial charge in [-0.25, -0.2) is 4.79 Å². The van der Waals surface area contributed by atoms with E-state index in [1.807, 2.05) is 0 Å². The second-order valence-electron chi connectivity index (χ2n) is 8.55. The lowest BCUT2D eigenvalue weighted by atomic mass is 9.77. The summed E-state index contributed by atoms with van der Waals surface area (Å²) in [6, 6.07) is 1.63. The van der Waals surface area contributed by atoms with Gasteiger partial charge in [-0.3, -0.25) is 24.8 Å². The monoisotopic (exact) mass is 419 g/mol. The van der Waals surface area contributed by atoms with Crippen LogP contribution in [0.2, 0.25) is 0 Å². The Balaban J connectivity index is 1.25. The van der Waals surface area contributed by atoms with Crippen molar-refractivity contribution in [1.82, 2.24) is 25.6 Å². The molecular formula is C20H29N5O3S.